The van der Waals surface area contributed by atoms with Gasteiger partial charge in [0.25, 0.3) is 0 Å². The largest absolute Gasteiger partial charge is 0.487 e. The fraction of sp³-hybridized carbons (Fsp3) is 0.182. The molecule has 0 fully saturated rings. The minimum Gasteiger partial charge on any atom is -0.487 e. The van der Waals surface area contributed by atoms with Gasteiger partial charge in [-0.3, -0.25) is 0 Å². The molecule has 31 heavy (non-hydrogen) atoms. The molecule has 162 valence electrons. The van der Waals surface area contributed by atoms with E-state index in [9.17, 15) is 26.7 Å². The second-order valence-electron chi connectivity index (χ2n) is 6.45. The number of carbonyl (C=O) groups is 1. The summed E-state index contributed by atoms with van der Waals surface area (Å²) < 4.78 is 77.5. The van der Waals surface area contributed by atoms with Crippen LogP contribution in [0.25, 0.3) is 0 Å². The third-order valence-corrected chi connectivity index (χ3v) is 4.23. The van der Waals surface area contributed by atoms with Gasteiger partial charge in [0.05, 0.1) is 5.69 Å². The number of rotatable bonds is 7. The topological polar surface area (TPSA) is 48.4 Å². The summed E-state index contributed by atoms with van der Waals surface area (Å²) in [5, 5.41) is 0. The SMILES string of the molecule is CCCc1nc(C(=O)Oc2c(F)c(F)c(F)c(F)c2F)ccc1OCc1ccccc1. The van der Waals surface area contributed by atoms with E-state index in [1.165, 1.54) is 12.1 Å². The van der Waals surface area contributed by atoms with Gasteiger partial charge < -0.3 is 9.47 Å². The Morgan fingerprint density at radius 2 is 1.48 bits per heavy atom. The number of esters is 1. The van der Waals surface area contributed by atoms with Crippen LogP contribution in [0.1, 0.15) is 35.1 Å². The van der Waals surface area contributed by atoms with Crippen molar-refractivity contribution in [3.8, 4) is 11.5 Å². The van der Waals surface area contributed by atoms with E-state index in [1.54, 1.807) is 0 Å². The predicted octanol–water partition coefficient (Wildman–Crippen LogP) is 5.53. The zero-order valence-electron chi connectivity index (χ0n) is 16.2. The molecule has 1 heterocycles. The monoisotopic (exact) mass is 437 g/mol. The van der Waals surface area contributed by atoms with Crippen molar-refractivity contribution in [1.82, 2.24) is 4.98 Å². The maximum absolute atomic E-state index is 13.8. The van der Waals surface area contributed by atoms with Crippen LogP contribution in [0.5, 0.6) is 11.5 Å². The lowest BCUT2D eigenvalue weighted by atomic mass is 10.2. The maximum atomic E-state index is 13.8. The molecule has 0 spiro atoms. The van der Waals surface area contributed by atoms with E-state index < -0.39 is 40.8 Å². The van der Waals surface area contributed by atoms with E-state index in [0.717, 1.165) is 5.56 Å². The van der Waals surface area contributed by atoms with Crippen LogP contribution in [-0.2, 0) is 13.0 Å². The molecule has 1 aromatic heterocycles. The Hall–Kier alpha value is -3.49. The normalized spacial score (nSPS) is 10.8. The number of aromatic nitrogens is 1. The highest BCUT2D eigenvalue weighted by atomic mass is 19.2. The second-order valence-corrected chi connectivity index (χ2v) is 6.45. The van der Waals surface area contributed by atoms with E-state index in [-0.39, 0.29) is 12.3 Å². The highest BCUT2D eigenvalue weighted by Gasteiger charge is 2.29. The average Bonchev–Trinajstić information content (AvgIpc) is 2.79. The molecule has 0 saturated heterocycles. The number of halogens is 5. The Labute approximate surface area is 174 Å². The third-order valence-electron chi connectivity index (χ3n) is 4.23. The molecule has 0 saturated carbocycles. The van der Waals surface area contributed by atoms with Crippen molar-refractivity contribution in [3.63, 3.8) is 0 Å². The Morgan fingerprint density at radius 3 is 2.10 bits per heavy atom. The van der Waals surface area contributed by atoms with Crippen LogP contribution in [-0.4, -0.2) is 11.0 Å². The van der Waals surface area contributed by atoms with Crippen molar-refractivity contribution in [2.24, 2.45) is 0 Å². The Morgan fingerprint density at radius 1 is 0.871 bits per heavy atom. The summed E-state index contributed by atoms with van der Waals surface area (Å²) >= 11 is 0. The Balaban J connectivity index is 1.84. The van der Waals surface area contributed by atoms with Crippen molar-refractivity contribution in [1.29, 1.82) is 0 Å². The average molecular weight is 437 g/mol. The maximum Gasteiger partial charge on any atom is 0.362 e. The molecule has 9 heteroatoms. The van der Waals surface area contributed by atoms with Crippen molar-refractivity contribution in [2.75, 3.05) is 0 Å². The van der Waals surface area contributed by atoms with Gasteiger partial charge >= 0.3 is 5.97 Å². The summed E-state index contributed by atoms with van der Waals surface area (Å²) in [6.07, 6.45) is 1.05. The Kier molecular flexibility index (Phi) is 6.84. The number of ether oxygens (including phenoxy) is 2. The van der Waals surface area contributed by atoms with Gasteiger partial charge in [0.15, 0.2) is 0 Å². The molecule has 0 aliphatic heterocycles. The van der Waals surface area contributed by atoms with Crippen molar-refractivity contribution < 1.29 is 36.2 Å². The lowest BCUT2D eigenvalue weighted by molar-refractivity contribution is 0.0709. The van der Waals surface area contributed by atoms with Gasteiger partial charge in [-0.25, -0.2) is 22.9 Å². The summed E-state index contributed by atoms with van der Waals surface area (Å²) in [5.74, 6) is -14.0. The molecule has 0 unspecified atom stereocenters. The van der Waals surface area contributed by atoms with Gasteiger partial charge in [0.1, 0.15) is 18.1 Å². The highest BCUT2D eigenvalue weighted by Crippen LogP contribution is 2.30. The molecule has 0 radical (unpaired) electrons. The molecule has 0 atom stereocenters. The van der Waals surface area contributed by atoms with Crippen LogP contribution in [0.2, 0.25) is 0 Å². The molecule has 0 amide bonds. The van der Waals surface area contributed by atoms with Gasteiger partial charge in [-0.1, -0.05) is 43.7 Å². The first-order valence-electron chi connectivity index (χ1n) is 9.23. The molecule has 3 aromatic rings. The lowest BCUT2D eigenvalue weighted by Gasteiger charge is -2.12. The van der Waals surface area contributed by atoms with Gasteiger partial charge in [-0.15, -0.1) is 0 Å². The predicted molar refractivity (Wildman–Crippen MR) is 100 cm³/mol. The summed E-state index contributed by atoms with van der Waals surface area (Å²) in [5.41, 5.74) is 0.907. The summed E-state index contributed by atoms with van der Waals surface area (Å²) in [6.45, 7) is 2.11. The smallest absolute Gasteiger partial charge is 0.362 e. The molecule has 0 N–H and O–H groups in total. The number of nitrogens with zero attached hydrogens (tertiary/aromatic N) is 1. The van der Waals surface area contributed by atoms with Crippen LogP contribution < -0.4 is 9.47 Å². The van der Waals surface area contributed by atoms with Crippen LogP contribution in [0.3, 0.4) is 0 Å². The number of hydrogen-bond donors (Lipinski definition) is 0. The first kappa shape index (κ1) is 22.2. The minimum absolute atomic E-state index is 0.244. The van der Waals surface area contributed by atoms with Crippen LogP contribution in [0.4, 0.5) is 22.0 Å². The number of hydrogen-bond acceptors (Lipinski definition) is 4. The first-order valence-corrected chi connectivity index (χ1v) is 9.23. The number of aryl methyl sites for hydroxylation is 1. The van der Waals surface area contributed by atoms with Gasteiger partial charge in [-0.05, 0) is 24.1 Å². The molecule has 4 nitrogen and oxygen atoms in total. The highest BCUT2D eigenvalue weighted by molar-refractivity contribution is 5.89. The molecule has 0 aliphatic rings. The number of carbonyl (C=O) groups excluding carboxylic acids is 1. The van der Waals surface area contributed by atoms with Gasteiger partial charge in [-0.2, -0.15) is 8.78 Å². The second kappa shape index (κ2) is 9.55. The fourth-order valence-corrected chi connectivity index (χ4v) is 2.70. The third kappa shape index (κ3) is 4.82. The van der Waals surface area contributed by atoms with Crippen molar-refractivity contribution in [2.45, 2.75) is 26.4 Å². The standard InChI is InChI=1S/C22H16F5NO3/c1-2-6-13-15(30-11-12-7-4-3-5-8-12)10-9-14(28-13)22(29)31-21-19(26)17(24)16(23)18(25)20(21)27/h3-5,7-10H,2,6,11H2,1H3. The van der Waals surface area contributed by atoms with E-state index in [2.05, 4.69) is 9.72 Å². The van der Waals surface area contributed by atoms with Gasteiger partial charge in [0.2, 0.25) is 34.8 Å². The number of benzene rings is 2. The Bertz CT molecular complexity index is 1080. The molecular formula is C22H16F5NO3. The van der Waals surface area contributed by atoms with Gasteiger partial charge in [0, 0.05) is 0 Å². The zero-order valence-corrected chi connectivity index (χ0v) is 16.2. The molecule has 3 rings (SSSR count). The van der Waals surface area contributed by atoms with Crippen LogP contribution >= 0.6 is 0 Å². The first-order chi connectivity index (χ1) is 14.8. The minimum atomic E-state index is -2.35. The lowest BCUT2D eigenvalue weighted by Crippen LogP contribution is -2.16. The van der Waals surface area contributed by atoms with Crippen molar-refractivity contribution >= 4 is 5.97 Å². The molecule has 0 bridgehead atoms. The number of pyridine rings is 1. The van der Waals surface area contributed by atoms with Crippen LogP contribution in [0, 0.1) is 29.1 Å². The van der Waals surface area contributed by atoms with E-state index in [0.29, 0.717) is 24.3 Å². The summed E-state index contributed by atoms with van der Waals surface area (Å²) in [6, 6.07) is 11.9. The van der Waals surface area contributed by atoms with Crippen molar-refractivity contribution in [3.05, 3.63) is 88.5 Å². The van der Waals surface area contributed by atoms with E-state index in [1.807, 2.05) is 37.3 Å². The molecule has 2 aromatic carbocycles. The van der Waals surface area contributed by atoms with E-state index in [4.69, 9.17) is 4.74 Å². The quantitative estimate of drug-likeness (QED) is 0.160. The molecular weight excluding hydrogens is 421 g/mol. The fourth-order valence-electron chi connectivity index (χ4n) is 2.70. The molecule has 0 aliphatic carbocycles. The zero-order chi connectivity index (χ0) is 22.5. The van der Waals surface area contributed by atoms with E-state index >= 15 is 0 Å². The summed E-state index contributed by atoms with van der Waals surface area (Å²) in [4.78, 5) is 16.4. The van der Waals surface area contributed by atoms with Crippen LogP contribution in [0.15, 0.2) is 42.5 Å². The summed E-state index contributed by atoms with van der Waals surface area (Å²) in [7, 11) is 0.